The summed E-state index contributed by atoms with van der Waals surface area (Å²) in [6, 6.07) is 29.6. The van der Waals surface area contributed by atoms with Crippen LogP contribution >= 0.6 is 15.9 Å². The molecule has 0 amide bonds. The lowest BCUT2D eigenvalue weighted by Gasteiger charge is -2.02. The van der Waals surface area contributed by atoms with Crippen molar-refractivity contribution >= 4 is 49.8 Å². The molecule has 4 heteroatoms. The third kappa shape index (κ3) is 3.46. The average Bonchev–Trinajstić information content (AvgIpc) is 3.02. The normalized spacial score (nSPS) is 11.5. The fraction of sp³-hybridized carbons (Fsp3) is 0. The van der Waals surface area contributed by atoms with Gasteiger partial charge in [-0.15, -0.1) is 0 Å². The highest BCUT2D eigenvalue weighted by atomic mass is 79.9. The number of nitrogens with zero attached hydrogens (tertiary/aromatic N) is 2. The highest BCUT2D eigenvalue weighted by molar-refractivity contribution is 9.10. The summed E-state index contributed by atoms with van der Waals surface area (Å²) in [4.78, 5) is 12.8. The van der Waals surface area contributed by atoms with Crippen LogP contribution in [0.15, 0.2) is 100 Å². The van der Waals surface area contributed by atoms with Crippen molar-refractivity contribution in [1.82, 2.24) is 9.78 Å². The van der Waals surface area contributed by atoms with Crippen molar-refractivity contribution in [2.75, 3.05) is 0 Å². The molecule has 0 atom stereocenters. The quantitative estimate of drug-likeness (QED) is 0.314. The number of halogens is 1. The van der Waals surface area contributed by atoms with Crippen LogP contribution in [-0.2, 0) is 0 Å². The molecule has 0 spiro atoms. The van der Waals surface area contributed by atoms with Gasteiger partial charge < -0.3 is 0 Å². The van der Waals surface area contributed by atoms with E-state index in [0.29, 0.717) is 5.52 Å². The highest BCUT2D eigenvalue weighted by Gasteiger charge is 2.12. The first kappa shape index (κ1) is 18.5. The number of fused-ring (bicyclic) bond motifs is 2. The second-order valence-corrected chi connectivity index (χ2v) is 7.97. The van der Waals surface area contributed by atoms with Crippen LogP contribution in [0.4, 0.5) is 0 Å². The number of hydrogen-bond donors (Lipinski definition) is 0. The molecule has 0 unspecified atom stereocenters. The molecule has 144 valence electrons. The van der Waals surface area contributed by atoms with Crippen molar-refractivity contribution in [2.45, 2.75) is 0 Å². The van der Waals surface area contributed by atoms with Gasteiger partial charge in [0.05, 0.1) is 11.4 Å². The van der Waals surface area contributed by atoms with Crippen molar-refractivity contribution in [3.05, 3.63) is 117 Å². The number of aromatic nitrogens is 2. The van der Waals surface area contributed by atoms with Crippen LogP contribution in [0.2, 0.25) is 0 Å². The monoisotopic (exact) mass is 452 g/mol. The first-order valence-corrected chi connectivity index (χ1v) is 10.4. The van der Waals surface area contributed by atoms with Gasteiger partial charge in [0.15, 0.2) is 0 Å². The van der Waals surface area contributed by atoms with E-state index in [1.165, 1.54) is 10.8 Å². The molecule has 5 aromatic rings. The van der Waals surface area contributed by atoms with E-state index in [4.69, 9.17) is 5.10 Å². The van der Waals surface area contributed by atoms with E-state index in [1.54, 1.807) is 16.8 Å². The summed E-state index contributed by atoms with van der Waals surface area (Å²) in [6.07, 6.45) is 4.01. The molecular weight excluding hydrogens is 436 g/mol. The van der Waals surface area contributed by atoms with E-state index in [9.17, 15) is 4.79 Å². The van der Waals surface area contributed by atoms with Crippen LogP contribution < -0.4 is 5.43 Å². The molecule has 0 N–H and O–H groups in total. The smallest absolute Gasteiger partial charge is 0.204 e. The standard InChI is InChI=1S/C26H17BrN2O/c27-21-12-14-22(15-13-21)29-26-23(7-3-4-8-25(26)30)24(28-29)16-10-18-9-11-19-5-1-2-6-20(19)17-18/h1-17H/b16-10+. The van der Waals surface area contributed by atoms with Gasteiger partial charge in [0.1, 0.15) is 5.52 Å². The summed E-state index contributed by atoms with van der Waals surface area (Å²) < 4.78 is 2.71. The Balaban J connectivity index is 1.66. The minimum Gasteiger partial charge on any atom is -0.288 e. The lowest BCUT2D eigenvalue weighted by molar-refractivity contribution is 0.902. The average molecular weight is 453 g/mol. The molecule has 0 aliphatic heterocycles. The minimum absolute atomic E-state index is 0.0595. The van der Waals surface area contributed by atoms with Gasteiger partial charge in [-0.1, -0.05) is 76.6 Å². The van der Waals surface area contributed by atoms with Gasteiger partial charge >= 0.3 is 0 Å². The molecule has 0 radical (unpaired) electrons. The molecule has 0 aliphatic carbocycles. The van der Waals surface area contributed by atoms with E-state index in [1.807, 2.05) is 60.7 Å². The maximum Gasteiger partial charge on any atom is 0.204 e. The Morgan fingerprint density at radius 1 is 0.767 bits per heavy atom. The van der Waals surface area contributed by atoms with E-state index in [2.05, 4.69) is 46.3 Å². The van der Waals surface area contributed by atoms with E-state index in [-0.39, 0.29) is 5.43 Å². The van der Waals surface area contributed by atoms with Crippen molar-refractivity contribution in [3.8, 4) is 5.69 Å². The minimum atomic E-state index is -0.0595. The van der Waals surface area contributed by atoms with Gasteiger partial charge in [0, 0.05) is 9.86 Å². The molecule has 3 nitrogen and oxygen atoms in total. The van der Waals surface area contributed by atoms with Crippen molar-refractivity contribution in [3.63, 3.8) is 0 Å². The third-order valence-electron chi connectivity index (χ3n) is 5.08. The number of hydrogen-bond acceptors (Lipinski definition) is 2. The van der Waals surface area contributed by atoms with Crippen LogP contribution in [-0.4, -0.2) is 9.78 Å². The predicted octanol–water partition coefficient (Wildman–Crippen LogP) is 6.47. The van der Waals surface area contributed by atoms with Crippen LogP contribution in [0, 0.1) is 0 Å². The topological polar surface area (TPSA) is 34.9 Å². The fourth-order valence-electron chi connectivity index (χ4n) is 3.60. The summed E-state index contributed by atoms with van der Waals surface area (Å²) in [5, 5.41) is 8.00. The van der Waals surface area contributed by atoms with Gasteiger partial charge in [-0.2, -0.15) is 5.10 Å². The zero-order chi connectivity index (χ0) is 20.5. The summed E-state index contributed by atoms with van der Waals surface area (Å²) in [5.41, 5.74) is 3.20. The molecule has 1 heterocycles. The van der Waals surface area contributed by atoms with E-state index >= 15 is 0 Å². The molecule has 1 aromatic heterocycles. The van der Waals surface area contributed by atoms with E-state index < -0.39 is 0 Å². The Hall–Kier alpha value is -3.50. The molecule has 0 bridgehead atoms. The molecular formula is C26H17BrN2O. The molecule has 0 saturated carbocycles. The Kier molecular flexibility index (Phi) is 4.77. The maximum atomic E-state index is 12.8. The van der Waals surface area contributed by atoms with Crippen LogP contribution in [0.5, 0.6) is 0 Å². The number of benzene rings is 3. The summed E-state index contributed by atoms with van der Waals surface area (Å²) in [6.45, 7) is 0. The lowest BCUT2D eigenvalue weighted by Crippen LogP contribution is -2.04. The van der Waals surface area contributed by atoms with Crippen LogP contribution in [0.3, 0.4) is 0 Å². The number of rotatable bonds is 3. The first-order chi connectivity index (χ1) is 14.7. The predicted molar refractivity (Wildman–Crippen MR) is 128 cm³/mol. The SMILES string of the molecule is O=c1ccccc2c(/C=C/c3ccc4ccccc4c3)nn(-c3ccc(Br)cc3)c12. The van der Waals surface area contributed by atoms with Crippen molar-refractivity contribution in [2.24, 2.45) is 0 Å². The van der Waals surface area contributed by atoms with Crippen LogP contribution in [0.1, 0.15) is 11.3 Å². The lowest BCUT2D eigenvalue weighted by atomic mass is 10.1. The van der Waals surface area contributed by atoms with Crippen molar-refractivity contribution in [1.29, 1.82) is 0 Å². The van der Waals surface area contributed by atoms with Gasteiger partial charge in [-0.3, -0.25) is 4.79 Å². The fourth-order valence-corrected chi connectivity index (χ4v) is 3.87. The summed E-state index contributed by atoms with van der Waals surface area (Å²) >= 11 is 3.46. The summed E-state index contributed by atoms with van der Waals surface area (Å²) in [7, 11) is 0. The molecule has 0 saturated heterocycles. The molecule has 0 fully saturated rings. The highest BCUT2D eigenvalue weighted by Crippen LogP contribution is 2.23. The zero-order valence-corrected chi connectivity index (χ0v) is 17.6. The largest absolute Gasteiger partial charge is 0.288 e. The molecule has 30 heavy (non-hydrogen) atoms. The summed E-state index contributed by atoms with van der Waals surface area (Å²) in [5.74, 6) is 0. The van der Waals surface area contributed by atoms with Gasteiger partial charge in [0.2, 0.25) is 5.43 Å². The van der Waals surface area contributed by atoms with E-state index in [0.717, 1.165) is 26.8 Å². The van der Waals surface area contributed by atoms with Crippen molar-refractivity contribution < 1.29 is 0 Å². The second kappa shape index (κ2) is 7.73. The van der Waals surface area contributed by atoms with Gasteiger partial charge in [-0.05, 0) is 58.8 Å². The van der Waals surface area contributed by atoms with Gasteiger partial charge in [-0.25, -0.2) is 4.68 Å². The first-order valence-electron chi connectivity index (χ1n) is 9.64. The Bertz CT molecular complexity index is 1470. The Morgan fingerprint density at radius 3 is 2.33 bits per heavy atom. The van der Waals surface area contributed by atoms with Crippen LogP contribution in [0.25, 0.3) is 39.5 Å². The second-order valence-electron chi connectivity index (χ2n) is 7.06. The Morgan fingerprint density at radius 2 is 1.50 bits per heavy atom. The molecule has 0 aliphatic rings. The third-order valence-corrected chi connectivity index (χ3v) is 5.61. The zero-order valence-electron chi connectivity index (χ0n) is 16.0. The van der Waals surface area contributed by atoms with Gasteiger partial charge in [0.25, 0.3) is 0 Å². The Labute approximate surface area is 182 Å². The maximum absolute atomic E-state index is 12.8. The molecule has 5 rings (SSSR count). The molecule has 4 aromatic carbocycles.